The first kappa shape index (κ1) is 17.9. The second-order valence-electron chi connectivity index (χ2n) is 7.36. The summed E-state index contributed by atoms with van der Waals surface area (Å²) in [6.07, 6.45) is 1.94. The Labute approximate surface area is 148 Å². The molecule has 7 heteroatoms. The van der Waals surface area contributed by atoms with Crippen LogP contribution >= 0.6 is 0 Å². The van der Waals surface area contributed by atoms with Crippen LogP contribution in [-0.4, -0.2) is 69.7 Å². The molecule has 1 aromatic heterocycles. The highest BCUT2D eigenvalue weighted by Crippen LogP contribution is 2.26. The molecule has 1 N–H and O–H groups in total. The van der Waals surface area contributed by atoms with Crippen LogP contribution in [0.2, 0.25) is 0 Å². The lowest BCUT2D eigenvalue weighted by molar-refractivity contribution is -0.160. The van der Waals surface area contributed by atoms with E-state index in [9.17, 15) is 9.59 Å². The van der Waals surface area contributed by atoms with Crippen LogP contribution in [-0.2, 0) is 20.7 Å². The zero-order chi connectivity index (χ0) is 18.1. The SMILES string of the molecule is Cc1n[nH]c(C)c1CC(=O)N1CC[C@@H]2OCC(=O)N(C(C)C)[C@H]2CC1. The molecule has 2 amide bonds. The van der Waals surface area contributed by atoms with Gasteiger partial charge in [-0.3, -0.25) is 14.7 Å². The summed E-state index contributed by atoms with van der Waals surface area (Å²) in [5, 5.41) is 7.11. The summed E-state index contributed by atoms with van der Waals surface area (Å²) in [7, 11) is 0. The predicted molar refractivity (Wildman–Crippen MR) is 93.1 cm³/mol. The Morgan fingerprint density at radius 1 is 1.32 bits per heavy atom. The number of nitrogens with zero attached hydrogens (tertiary/aromatic N) is 3. The lowest BCUT2D eigenvalue weighted by Crippen LogP contribution is -2.56. The third kappa shape index (κ3) is 3.56. The number of rotatable bonds is 3. The summed E-state index contributed by atoms with van der Waals surface area (Å²) >= 11 is 0. The van der Waals surface area contributed by atoms with Gasteiger partial charge in [-0.1, -0.05) is 0 Å². The minimum absolute atomic E-state index is 0.0234. The maximum Gasteiger partial charge on any atom is 0.249 e. The first-order valence-corrected chi connectivity index (χ1v) is 9.09. The number of carbonyl (C=O) groups is 2. The standard InChI is InChI=1S/C18H28N4O3/c1-11(2)22-15-5-7-21(8-6-16(15)25-10-18(22)24)17(23)9-14-12(3)19-20-13(14)4/h11,15-16H,5-10H2,1-4H3,(H,19,20)/t15-,16-/m0/s1. The van der Waals surface area contributed by atoms with E-state index in [0.717, 1.165) is 29.8 Å². The van der Waals surface area contributed by atoms with E-state index in [0.29, 0.717) is 19.5 Å². The molecule has 3 heterocycles. The topological polar surface area (TPSA) is 78.5 Å². The number of amides is 2. The number of aryl methyl sites for hydroxylation is 2. The van der Waals surface area contributed by atoms with E-state index < -0.39 is 0 Å². The fourth-order valence-corrected chi connectivity index (χ4v) is 4.03. The molecule has 1 aromatic rings. The van der Waals surface area contributed by atoms with Crippen LogP contribution in [0, 0.1) is 13.8 Å². The van der Waals surface area contributed by atoms with E-state index in [2.05, 4.69) is 10.2 Å². The average molecular weight is 348 g/mol. The minimum atomic E-state index is 0.0234. The van der Waals surface area contributed by atoms with E-state index in [-0.39, 0.29) is 36.6 Å². The molecule has 2 saturated heterocycles. The molecule has 2 fully saturated rings. The maximum absolute atomic E-state index is 12.8. The van der Waals surface area contributed by atoms with Gasteiger partial charge in [0.2, 0.25) is 11.8 Å². The van der Waals surface area contributed by atoms with Crippen molar-refractivity contribution >= 4 is 11.8 Å². The zero-order valence-electron chi connectivity index (χ0n) is 15.5. The van der Waals surface area contributed by atoms with Crippen LogP contribution in [0.1, 0.15) is 43.6 Å². The number of aromatic nitrogens is 2. The summed E-state index contributed by atoms with van der Waals surface area (Å²) in [6, 6.07) is 0.221. The molecular formula is C18H28N4O3. The molecule has 0 unspecified atom stereocenters. The van der Waals surface area contributed by atoms with Gasteiger partial charge in [-0.05, 0) is 40.5 Å². The van der Waals surface area contributed by atoms with E-state index >= 15 is 0 Å². The van der Waals surface area contributed by atoms with Crippen molar-refractivity contribution in [1.82, 2.24) is 20.0 Å². The van der Waals surface area contributed by atoms with Crippen molar-refractivity contribution < 1.29 is 14.3 Å². The van der Waals surface area contributed by atoms with Crippen molar-refractivity contribution in [2.45, 2.75) is 65.1 Å². The van der Waals surface area contributed by atoms with Gasteiger partial charge in [0, 0.05) is 30.4 Å². The smallest absolute Gasteiger partial charge is 0.249 e. The lowest BCUT2D eigenvalue weighted by atomic mass is 10.0. The minimum Gasteiger partial charge on any atom is -0.366 e. The summed E-state index contributed by atoms with van der Waals surface area (Å²) < 4.78 is 5.78. The monoisotopic (exact) mass is 348 g/mol. The molecule has 0 spiro atoms. The van der Waals surface area contributed by atoms with Gasteiger partial charge in [-0.15, -0.1) is 0 Å². The normalized spacial score (nSPS) is 24.4. The zero-order valence-corrected chi connectivity index (χ0v) is 15.5. The summed E-state index contributed by atoms with van der Waals surface area (Å²) in [4.78, 5) is 28.8. The number of fused-ring (bicyclic) bond motifs is 1. The Morgan fingerprint density at radius 2 is 2.04 bits per heavy atom. The number of ether oxygens (including phenoxy) is 1. The van der Waals surface area contributed by atoms with E-state index in [1.807, 2.05) is 37.5 Å². The fourth-order valence-electron chi connectivity index (χ4n) is 4.03. The molecule has 3 rings (SSSR count). The number of hydrogen-bond donors (Lipinski definition) is 1. The number of hydrogen-bond acceptors (Lipinski definition) is 4. The quantitative estimate of drug-likeness (QED) is 0.890. The van der Waals surface area contributed by atoms with Crippen molar-refractivity contribution in [2.75, 3.05) is 19.7 Å². The van der Waals surface area contributed by atoms with Crippen LogP contribution in [0.25, 0.3) is 0 Å². The molecule has 25 heavy (non-hydrogen) atoms. The molecule has 0 radical (unpaired) electrons. The Bertz CT molecular complexity index is 635. The van der Waals surface area contributed by atoms with Gasteiger partial charge in [-0.25, -0.2) is 0 Å². The van der Waals surface area contributed by atoms with Crippen LogP contribution in [0.3, 0.4) is 0 Å². The van der Waals surface area contributed by atoms with Crippen LogP contribution in [0.15, 0.2) is 0 Å². The number of carbonyl (C=O) groups excluding carboxylic acids is 2. The second-order valence-corrected chi connectivity index (χ2v) is 7.36. The Kier molecular flexibility index (Phi) is 5.13. The van der Waals surface area contributed by atoms with Gasteiger partial charge >= 0.3 is 0 Å². The molecule has 0 aliphatic carbocycles. The van der Waals surface area contributed by atoms with Gasteiger partial charge in [0.15, 0.2) is 0 Å². The Hall–Kier alpha value is -1.89. The molecule has 0 bridgehead atoms. The van der Waals surface area contributed by atoms with Crippen molar-refractivity contribution in [3.8, 4) is 0 Å². The molecule has 2 aliphatic rings. The molecule has 0 aromatic carbocycles. The predicted octanol–water partition coefficient (Wildman–Crippen LogP) is 1.20. The number of nitrogens with one attached hydrogen (secondary N) is 1. The van der Waals surface area contributed by atoms with Gasteiger partial charge in [-0.2, -0.15) is 5.10 Å². The molecule has 0 saturated carbocycles. The maximum atomic E-state index is 12.8. The first-order valence-electron chi connectivity index (χ1n) is 9.09. The van der Waals surface area contributed by atoms with E-state index in [1.54, 1.807) is 0 Å². The number of morpholine rings is 1. The molecular weight excluding hydrogens is 320 g/mol. The largest absolute Gasteiger partial charge is 0.366 e. The van der Waals surface area contributed by atoms with Crippen molar-refractivity contribution in [2.24, 2.45) is 0 Å². The molecule has 7 nitrogen and oxygen atoms in total. The third-order valence-electron chi connectivity index (χ3n) is 5.39. The molecule has 138 valence electrons. The number of likely N-dealkylation sites (tertiary alicyclic amines) is 1. The highest BCUT2D eigenvalue weighted by molar-refractivity contribution is 5.80. The van der Waals surface area contributed by atoms with E-state index in [4.69, 9.17) is 4.74 Å². The van der Waals surface area contributed by atoms with Crippen LogP contribution < -0.4 is 0 Å². The van der Waals surface area contributed by atoms with Gasteiger partial charge in [0.05, 0.1) is 24.3 Å². The first-order chi connectivity index (χ1) is 11.9. The van der Waals surface area contributed by atoms with Gasteiger partial charge in [0.1, 0.15) is 6.61 Å². The summed E-state index contributed by atoms with van der Waals surface area (Å²) in [6.45, 7) is 9.44. The van der Waals surface area contributed by atoms with Crippen molar-refractivity contribution in [1.29, 1.82) is 0 Å². The van der Waals surface area contributed by atoms with Gasteiger partial charge < -0.3 is 14.5 Å². The summed E-state index contributed by atoms with van der Waals surface area (Å²) in [5.74, 6) is 0.175. The highest BCUT2D eigenvalue weighted by Gasteiger charge is 2.40. The molecule has 2 atom stereocenters. The van der Waals surface area contributed by atoms with Gasteiger partial charge in [0.25, 0.3) is 0 Å². The second kappa shape index (κ2) is 7.15. The lowest BCUT2D eigenvalue weighted by Gasteiger charge is -2.42. The van der Waals surface area contributed by atoms with E-state index in [1.165, 1.54) is 0 Å². The highest BCUT2D eigenvalue weighted by atomic mass is 16.5. The molecule has 2 aliphatic heterocycles. The Balaban J connectivity index is 1.69. The fraction of sp³-hybridized carbons (Fsp3) is 0.722. The van der Waals surface area contributed by atoms with Crippen LogP contribution in [0.5, 0.6) is 0 Å². The summed E-state index contributed by atoms with van der Waals surface area (Å²) in [5.41, 5.74) is 2.82. The van der Waals surface area contributed by atoms with Crippen LogP contribution in [0.4, 0.5) is 0 Å². The third-order valence-corrected chi connectivity index (χ3v) is 5.39. The number of aromatic amines is 1. The van der Waals surface area contributed by atoms with Crippen molar-refractivity contribution in [3.63, 3.8) is 0 Å². The Morgan fingerprint density at radius 3 is 2.68 bits per heavy atom. The number of H-pyrrole nitrogens is 1. The van der Waals surface area contributed by atoms with Crippen molar-refractivity contribution in [3.05, 3.63) is 17.0 Å². The average Bonchev–Trinajstić information content (AvgIpc) is 2.76.